The molecular weight excluding hydrogens is 769 g/mol. The zero-order valence-electron chi connectivity index (χ0n) is 42.2. The van der Waals surface area contributed by atoms with Crippen molar-refractivity contribution < 1.29 is 28.6 Å². The molecule has 0 aliphatic heterocycles. The summed E-state index contributed by atoms with van der Waals surface area (Å²) < 4.78 is 16.8. The van der Waals surface area contributed by atoms with Gasteiger partial charge in [-0.25, -0.2) is 0 Å². The van der Waals surface area contributed by atoms with Crippen molar-refractivity contribution in [2.24, 2.45) is 0 Å². The lowest BCUT2D eigenvalue weighted by Crippen LogP contribution is -2.30. The first-order chi connectivity index (χ1) is 30.5. The first-order valence-electron chi connectivity index (χ1n) is 28.0. The molecule has 1 atom stereocenters. The van der Waals surface area contributed by atoms with E-state index in [1.807, 2.05) is 0 Å². The van der Waals surface area contributed by atoms with Gasteiger partial charge in [-0.15, -0.1) is 0 Å². The summed E-state index contributed by atoms with van der Waals surface area (Å²) in [5.74, 6) is -0.837. The third kappa shape index (κ3) is 49.4. The summed E-state index contributed by atoms with van der Waals surface area (Å²) in [5.41, 5.74) is 0. The van der Waals surface area contributed by atoms with Gasteiger partial charge in [0, 0.05) is 19.3 Å². The summed E-state index contributed by atoms with van der Waals surface area (Å²) in [5, 5.41) is 0. The molecule has 0 spiro atoms. The highest BCUT2D eigenvalue weighted by atomic mass is 16.6. The lowest BCUT2D eigenvalue weighted by Gasteiger charge is -2.18. The van der Waals surface area contributed by atoms with Crippen LogP contribution in [0.2, 0.25) is 0 Å². The van der Waals surface area contributed by atoms with Gasteiger partial charge in [0.1, 0.15) is 13.2 Å². The van der Waals surface area contributed by atoms with Crippen LogP contribution in [-0.2, 0) is 28.6 Å². The predicted molar refractivity (Wildman–Crippen MR) is 266 cm³/mol. The quantitative estimate of drug-likeness (QED) is 0.0344. The molecule has 368 valence electrons. The highest BCUT2D eigenvalue weighted by molar-refractivity contribution is 5.71. The molecule has 0 unspecified atom stereocenters. The highest BCUT2D eigenvalue weighted by Crippen LogP contribution is 2.17. The zero-order valence-corrected chi connectivity index (χ0v) is 42.2. The molecule has 0 fully saturated rings. The molecule has 0 aliphatic rings. The average molecular weight is 877 g/mol. The zero-order chi connectivity index (χ0) is 45.1. The third-order valence-corrected chi connectivity index (χ3v) is 12.9. The van der Waals surface area contributed by atoms with E-state index in [9.17, 15) is 14.4 Å². The Morgan fingerprint density at radius 1 is 0.258 bits per heavy atom. The van der Waals surface area contributed by atoms with Crippen molar-refractivity contribution >= 4 is 17.9 Å². The van der Waals surface area contributed by atoms with E-state index < -0.39 is 6.10 Å². The van der Waals surface area contributed by atoms with Crippen LogP contribution < -0.4 is 0 Å². The average Bonchev–Trinajstić information content (AvgIpc) is 3.27. The van der Waals surface area contributed by atoms with Crippen molar-refractivity contribution in [3.63, 3.8) is 0 Å². The maximum Gasteiger partial charge on any atom is 0.306 e. The molecule has 6 nitrogen and oxygen atoms in total. The van der Waals surface area contributed by atoms with Gasteiger partial charge in [-0.1, -0.05) is 284 Å². The minimum atomic E-state index is -0.760. The van der Waals surface area contributed by atoms with E-state index in [-0.39, 0.29) is 31.1 Å². The summed E-state index contributed by atoms with van der Waals surface area (Å²) in [6.45, 7) is 6.69. The molecule has 0 saturated heterocycles. The van der Waals surface area contributed by atoms with Gasteiger partial charge in [-0.2, -0.15) is 0 Å². The SMILES string of the molecule is CCCCCCCCCCCCCCCCCCCCC(=O)OC[C@H](COC(=O)CCCCCCCCCCCC)OC(=O)CCCCCCCCCCCCCCCCCC. The van der Waals surface area contributed by atoms with Gasteiger partial charge in [0.2, 0.25) is 0 Å². The van der Waals surface area contributed by atoms with Crippen molar-refractivity contribution in [2.45, 2.75) is 329 Å². The molecule has 6 heteroatoms. The highest BCUT2D eigenvalue weighted by Gasteiger charge is 2.19. The molecule has 0 heterocycles. The van der Waals surface area contributed by atoms with E-state index in [2.05, 4.69) is 20.8 Å². The second-order valence-electron chi connectivity index (χ2n) is 19.2. The number of carbonyl (C=O) groups is 3. The topological polar surface area (TPSA) is 78.9 Å². The third-order valence-electron chi connectivity index (χ3n) is 12.9. The molecule has 62 heavy (non-hydrogen) atoms. The lowest BCUT2D eigenvalue weighted by atomic mass is 10.0. The summed E-state index contributed by atoms with van der Waals surface area (Å²) >= 11 is 0. The van der Waals surface area contributed by atoms with Crippen LogP contribution in [0.3, 0.4) is 0 Å². The van der Waals surface area contributed by atoms with Crippen LogP contribution in [0.15, 0.2) is 0 Å². The van der Waals surface area contributed by atoms with Crippen LogP contribution >= 0.6 is 0 Å². The lowest BCUT2D eigenvalue weighted by molar-refractivity contribution is -0.167. The van der Waals surface area contributed by atoms with E-state index in [4.69, 9.17) is 14.2 Å². The predicted octanol–water partition coefficient (Wildman–Crippen LogP) is 18.4. The van der Waals surface area contributed by atoms with Crippen molar-refractivity contribution in [3.05, 3.63) is 0 Å². The first-order valence-corrected chi connectivity index (χ1v) is 28.0. The molecule has 0 aromatic rings. The molecule has 0 saturated carbocycles. The summed E-state index contributed by atoms with van der Waals surface area (Å²) in [6.07, 6.45) is 56.6. The van der Waals surface area contributed by atoms with E-state index in [0.717, 1.165) is 57.8 Å². The molecule has 0 aliphatic carbocycles. The molecule has 0 aromatic heterocycles. The van der Waals surface area contributed by atoms with E-state index in [1.165, 1.54) is 225 Å². The van der Waals surface area contributed by atoms with Crippen molar-refractivity contribution in [3.8, 4) is 0 Å². The van der Waals surface area contributed by atoms with Crippen LogP contribution in [-0.4, -0.2) is 37.2 Å². The number of rotatable bonds is 52. The Bertz CT molecular complexity index is 920. The Morgan fingerprint density at radius 3 is 0.645 bits per heavy atom. The van der Waals surface area contributed by atoms with Crippen LogP contribution in [0.5, 0.6) is 0 Å². The molecule has 0 bridgehead atoms. The molecule has 0 rings (SSSR count). The number of carbonyl (C=O) groups excluding carboxylic acids is 3. The van der Waals surface area contributed by atoms with Crippen molar-refractivity contribution in [2.75, 3.05) is 13.2 Å². The largest absolute Gasteiger partial charge is 0.462 e. The molecule has 0 radical (unpaired) electrons. The Kier molecular flexibility index (Phi) is 50.7. The monoisotopic (exact) mass is 877 g/mol. The fourth-order valence-electron chi connectivity index (χ4n) is 8.62. The van der Waals surface area contributed by atoms with Gasteiger partial charge < -0.3 is 14.2 Å². The van der Waals surface area contributed by atoms with E-state index >= 15 is 0 Å². The Morgan fingerprint density at radius 2 is 0.435 bits per heavy atom. The minimum absolute atomic E-state index is 0.0614. The Labute approximate surface area is 387 Å². The van der Waals surface area contributed by atoms with Crippen LogP contribution in [0.1, 0.15) is 323 Å². The summed E-state index contributed by atoms with van der Waals surface area (Å²) in [6, 6.07) is 0. The van der Waals surface area contributed by atoms with Gasteiger partial charge in [0.15, 0.2) is 6.10 Å². The first kappa shape index (κ1) is 60.4. The molecule has 0 aromatic carbocycles. The number of esters is 3. The number of hydrogen-bond acceptors (Lipinski definition) is 6. The molecule has 0 N–H and O–H groups in total. The number of hydrogen-bond donors (Lipinski definition) is 0. The Balaban J connectivity index is 4.24. The van der Waals surface area contributed by atoms with E-state index in [0.29, 0.717) is 19.3 Å². The smallest absolute Gasteiger partial charge is 0.306 e. The van der Waals surface area contributed by atoms with Crippen LogP contribution in [0, 0.1) is 0 Å². The second-order valence-corrected chi connectivity index (χ2v) is 19.2. The van der Waals surface area contributed by atoms with Crippen LogP contribution in [0.25, 0.3) is 0 Å². The van der Waals surface area contributed by atoms with Gasteiger partial charge in [0.25, 0.3) is 0 Å². The van der Waals surface area contributed by atoms with Gasteiger partial charge in [-0.3, -0.25) is 14.4 Å². The van der Waals surface area contributed by atoms with E-state index in [1.54, 1.807) is 0 Å². The molecular formula is C56H108O6. The number of ether oxygens (including phenoxy) is 3. The fourth-order valence-corrected chi connectivity index (χ4v) is 8.62. The van der Waals surface area contributed by atoms with Crippen molar-refractivity contribution in [1.82, 2.24) is 0 Å². The summed E-state index contributed by atoms with van der Waals surface area (Å²) in [7, 11) is 0. The Hall–Kier alpha value is -1.59. The number of unbranched alkanes of at least 4 members (excludes halogenated alkanes) is 41. The van der Waals surface area contributed by atoms with Gasteiger partial charge >= 0.3 is 17.9 Å². The minimum Gasteiger partial charge on any atom is -0.462 e. The maximum atomic E-state index is 12.8. The standard InChI is InChI=1S/C56H108O6/c1-4-7-10-13-16-19-22-24-26-28-29-31-32-34-37-40-43-46-49-55(58)61-52-53(51-60-54(57)48-45-42-39-36-21-18-15-12-9-6-3)62-56(59)50-47-44-41-38-35-33-30-27-25-23-20-17-14-11-8-5-2/h53H,4-52H2,1-3H3/t53-/m0/s1. The van der Waals surface area contributed by atoms with Gasteiger partial charge in [-0.05, 0) is 19.3 Å². The second kappa shape index (κ2) is 52.0. The summed E-state index contributed by atoms with van der Waals surface area (Å²) in [4.78, 5) is 38.0. The molecule has 0 amide bonds. The van der Waals surface area contributed by atoms with Crippen molar-refractivity contribution in [1.29, 1.82) is 0 Å². The maximum absolute atomic E-state index is 12.8. The normalized spacial score (nSPS) is 11.9. The van der Waals surface area contributed by atoms with Crippen LogP contribution in [0.4, 0.5) is 0 Å². The fraction of sp³-hybridized carbons (Fsp3) is 0.946. The van der Waals surface area contributed by atoms with Gasteiger partial charge in [0.05, 0.1) is 0 Å².